The van der Waals surface area contributed by atoms with Crippen molar-refractivity contribution < 1.29 is 9.53 Å². The Labute approximate surface area is 152 Å². The number of carbonyl (C=O) groups excluding carboxylic acids is 1. The van der Waals surface area contributed by atoms with Crippen molar-refractivity contribution in [2.45, 2.75) is 26.0 Å². The van der Waals surface area contributed by atoms with Crippen LogP contribution in [0.3, 0.4) is 0 Å². The van der Waals surface area contributed by atoms with Crippen molar-refractivity contribution in [3.05, 3.63) is 83.4 Å². The van der Waals surface area contributed by atoms with Gasteiger partial charge in [-0.15, -0.1) is 0 Å². The van der Waals surface area contributed by atoms with Gasteiger partial charge in [0.15, 0.2) is 6.10 Å². The number of carbonyl (C=O) groups is 1. The van der Waals surface area contributed by atoms with Crippen LogP contribution in [0.2, 0.25) is 0 Å². The molecule has 1 atom stereocenters. The first-order valence-electron chi connectivity index (χ1n) is 8.77. The fourth-order valence-corrected chi connectivity index (χ4v) is 3.33. The fourth-order valence-electron chi connectivity index (χ4n) is 3.33. The van der Waals surface area contributed by atoms with Crippen LogP contribution in [0.25, 0.3) is 0 Å². The summed E-state index contributed by atoms with van der Waals surface area (Å²) in [6.45, 7) is 3.26. The quantitative estimate of drug-likeness (QED) is 0.786. The molecule has 1 aliphatic rings. The predicted molar refractivity (Wildman–Crippen MR) is 100.0 cm³/mol. The lowest BCUT2D eigenvalue weighted by atomic mass is 9.97. The van der Waals surface area contributed by atoms with Gasteiger partial charge in [-0.3, -0.25) is 4.79 Å². The lowest BCUT2D eigenvalue weighted by Gasteiger charge is -2.25. The molecule has 5 heteroatoms. The zero-order valence-corrected chi connectivity index (χ0v) is 14.7. The summed E-state index contributed by atoms with van der Waals surface area (Å²) in [7, 11) is 0. The molecule has 0 unspecified atom stereocenters. The molecule has 1 N–H and O–H groups in total. The van der Waals surface area contributed by atoms with E-state index in [0.717, 1.165) is 35.6 Å². The Bertz CT molecular complexity index is 932. The second-order valence-corrected chi connectivity index (χ2v) is 6.49. The van der Waals surface area contributed by atoms with Crippen LogP contribution in [0.4, 0.5) is 5.69 Å². The Balaban J connectivity index is 1.50. The smallest absolute Gasteiger partial charge is 0.258 e. The molecular weight excluding hydrogens is 326 g/mol. The Morgan fingerprint density at radius 2 is 2.15 bits per heavy atom. The van der Waals surface area contributed by atoms with Gasteiger partial charge >= 0.3 is 0 Å². The van der Waals surface area contributed by atoms with Gasteiger partial charge in [0, 0.05) is 24.6 Å². The van der Waals surface area contributed by atoms with Crippen LogP contribution in [0.15, 0.2) is 60.9 Å². The van der Waals surface area contributed by atoms with E-state index in [-0.39, 0.29) is 5.91 Å². The predicted octanol–water partition coefficient (Wildman–Crippen LogP) is 3.49. The van der Waals surface area contributed by atoms with Crippen LogP contribution in [-0.2, 0) is 22.5 Å². The van der Waals surface area contributed by atoms with E-state index in [9.17, 15) is 4.79 Å². The monoisotopic (exact) mass is 347 g/mol. The second-order valence-electron chi connectivity index (χ2n) is 6.49. The fraction of sp³-hybridized carbons (Fsp3) is 0.238. The maximum absolute atomic E-state index is 12.8. The van der Waals surface area contributed by atoms with E-state index in [4.69, 9.17) is 4.74 Å². The van der Waals surface area contributed by atoms with Crippen molar-refractivity contribution in [1.29, 1.82) is 0 Å². The van der Waals surface area contributed by atoms with Crippen molar-refractivity contribution in [1.82, 2.24) is 9.55 Å². The first kappa shape index (κ1) is 16.5. The molecule has 0 spiro atoms. The number of benzene rings is 2. The van der Waals surface area contributed by atoms with E-state index >= 15 is 0 Å². The molecule has 2 heterocycles. The number of aryl methyl sites for hydroxylation is 1. The highest BCUT2D eigenvalue weighted by Crippen LogP contribution is 2.28. The SMILES string of the molecule is Cc1nccn1Cc1cccc(NC(=O)[C@H]2OCCc3ccccc32)c1. The Kier molecular flexibility index (Phi) is 4.54. The molecule has 0 fully saturated rings. The Hall–Kier alpha value is -2.92. The second kappa shape index (κ2) is 7.14. The van der Waals surface area contributed by atoms with E-state index in [1.165, 1.54) is 5.56 Å². The summed E-state index contributed by atoms with van der Waals surface area (Å²) in [6, 6.07) is 15.9. The van der Waals surface area contributed by atoms with Crippen molar-refractivity contribution >= 4 is 11.6 Å². The lowest BCUT2D eigenvalue weighted by molar-refractivity contribution is -0.128. The average Bonchev–Trinajstić information content (AvgIpc) is 3.06. The summed E-state index contributed by atoms with van der Waals surface area (Å²) in [4.78, 5) is 17.0. The third-order valence-corrected chi connectivity index (χ3v) is 4.70. The van der Waals surface area contributed by atoms with Crippen molar-refractivity contribution in [3.63, 3.8) is 0 Å². The van der Waals surface area contributed by atoms with E-state index in [0.29, 0.717) is 6.61 Å². The van der Waals surface area contributed by atoms with Gasteiger partial charge in [-0.2, -0.15) is 0 Å². The van der Waals surface area contributed by atoms with Gasteiger partial charge in [0.1, 0.15) is 5.82 Å². The molecule has 132 valence electrons. The number of fused-ring (bicyclic) bond motifs is 1. The van der Waals surface area contributed by atoms with Crippen LogP contribution in [0.1, 0.15) is 28.6 Å². The van der Waals surface area contributed by atoms with E-state index < -0.39 is 6.10 Å². The summed E-state index contributed by atoms with van der Waals surface area (Å²) >= 11 is 0. The zero-order chi connectivity index (χ0) is 17.9. The number of imidazole rings is 1. The highest BCUT2D eigenvalue weighted by Gasteiger charge is 2.27. The molecule has 0 saturated heterocycles. The topological polar surface area (TPSA) is 56.2 Å². The number of nitrogens with zero attached hydrogens (tertiary/aromatic N) is 2. The number of hydrogen-bond donors (Lipinski definition) is 1. The molecule has 0 aliphatic carbocycles. The van der Waals surface area contributed by atoms with Crippen LogP contribution in [0.5, 0.6) is 0 Å². The Morgan fingerprint density at radius 3 is 3.00 bits per heavy atom. The van der Waals surface area contributed by atoms with Gasteiger partial charge < -0.3 is 14.6 Å². The molecule has 5 nitrogen and oxygen atoms in total. The Morgan fingerprint density at radius 1 is 1.27 bits per heavy atom. The third kappa shape index (κ3) is 3.39. The lowest BCUT2D eigenvalue weighted by Crippen LogP contribution is -2.28. The summed E-state index contributed by atoms with van der Waals surface area (Å²) in [6.07, 6.45) is 4.03. The standard InChI is InChI=1S/C21H21N3O2/c1-15-22-10-11-24(15)14-16-5-4-7-18(13-16)23-21(25)20-19-8-3-2-6-17(19)9-12-26-20/h2-8,10-11,13,20H,9,12,14H2,1H3,(H,23,25)/t20-/m0/s1. The van der Waals surface area contributed by atoms with Crippen LogP contribution in [0, 0.1) is 6.92 Å². The number of aromatic nitrogens is 2. The van der Waals surface area contributed by atoms with Crippen molar-refractivity contribution in [2.24, 2.45) is 0 Å². The maximum Gasteiger partial charge on any atom is 0.258 e. The van der Waals surface area contributed by atoms with E-state index in [2.05, 4.69) is 20.9 Å². The molecule has 1 amide bonds. The minimum absolute atomic E-state index is 0.131. The molecule has 4 rings (SSSR count). The van der Waals surface area contributed by atoms with E-state index in [1.807, 2.05) is 55.6 Å². The van der Waals surface area contributed by atoms with Gasteiger partial charge in [0.2, 0.25) is 0 Å². The third-order valence-electron chi connectivity index (χ3n) is 4.70. The number of amides is 1. The summed E-state index contributed by atoms with van der Waals surface area (Å²) < 4.78 is 7.82. The number of rotatable bonds is 4. The number of hydrogen-bond acceptors (Lipinski definition) is 3. The maximum atomic E-state index is 12.8. The molecule has 0 saturated carbocycles. The minimum atomic E-state index is -0.556. The first-order valence-corrected chi connectivity index (χ1v) is 8.77. The number of nitrogens with one attached hydrogen (secondary N) is 1. The highest BCUT2D eigenvalue weighted by molar-refractivity contribution is 5.95. The zero-order valence-electron chi connectivity index (χ0n) is 14.7. The summed E-state index contributed by atoms with van der Waals surface area (Å²) in [5, 5.41) is 3.00. The van der Waals surface area contributed by atoms with Gasteiger partial charge in [-0.25, -0.2) is 4.98 Å². The largest absolute Gasteiger partial charge is 0.363 e. The van der Waals surface area contributed by atoms with Gasteiger partial charge in [-0.05, 0) is 42.2 Å². The average molecular weight is 347 g/mol. The summed E-state index contributed by atoms with van der Waals surface area (Å²) in [5.74, 6) is 0.833. The van der Waals surface area contributed by atoms with Crippen molar-refractivity contribution in [3.8, 4) is 0 Å². The highest BCUT2D eigenvalue weighted by atomic mass is 16.5. The van der Waals surface area contributed by atoms with Crippen LogP contribution < -0.4 is 5.32 Å². The molecule has 1 aromatic heterocycles. The number of anilines is 1. The summed E-state index contributed by atoms with van der Waals surface area (Å²) in [5.41, 5.74) is 4.02. The molecule has 1 aliphatic heterocycles. The van der Waals surface area contributed by atoms with Crippen molar-refractivity contribution in [2.75, 3.05) is 11.9 Å². The van der Waals surface area contributed by atoms with Crippen LogP contribution in [-0.4, -0.2) is 22.1 Å². The molecule has 0 bridgehead atoms. The molecule has 26 heavy (non-hydrogen) atoms. The van der Waals surface area contributed by atoms with Gasteiger partial charge in [-0.1, -0.05) is 36.4 Å². The van der Waals surface area contributed by atoms with Gasteiger partial charge in [0.05, 0.1) is 6.61 Å². The minimum Gasteiger partial charge on any atom is -0.363 e. The molecule has 3 aromatic rings. The molecule has 2 aromatic carbocycles. The van der Waals surface area contributed by atoms with E-state index in [1.54, 1.807) is 6.20 Å². The molecule has 0 radical (unpaired) electrons. The van der Waals surface area contributed by atoms with Gasteiger partial charge in [0.25, 0.3) is 5.91 Å². The normalized spacial score (nSPS) is 16.1. The molecular formula is C21H21N3O2. The number of ether oxygens (including phenoxy) is 1. The van der Waals surface area contributed by atoms with Crippen LogP contribution >= 0.6 is 0 Å². The first-order chi connectivity index (χ1) is 12.7.